The second-order valence-corrected chi connectivity index (χ2v) is 22.2. The Kier molecular flexibility index (Phi) is 9.23. The van der Waals surface area contributed by atoms with Gasteiger partial charge in [0.15, 0.2) is 8.07 Å². The molecule has 0 spiro atoms. The number of aromatic nitrogens is 3. The minimum Gasteiger partial charge on any atom is -0.309 e. The van der Waals surface area contributed by atoms with Gasteiger partial charge in [-0.05, 0) is 86.5 Å². The monoisotopic (exact) mass is 907 g/mol. The lowest BCUT2D eigenvalue weighted by Gasteiger charge is -2.34. The summed E-state index contributed by atoms with van der Waals surface area (Å²) in [6.45, 7) is 0. The van der Waals surface area contributed by atoms with Crippen molar-refractivity contribution >= 4 is 94.2 Å². The summed E-state index contributed by atoms with van der Waals surface area (Å²) in [5, 5.41) is 12.8. The van der Waals surface area contributed by atoms with Crippen LogP contribution in [0, 0.1) is 0 Å². The van der Waals surface area contributed by atoms with Gasteiger partial charge in [0.1, 0.15) is 0 Å². The van der Waals surface area contributed by atoms with Gasteiger partial charge in [0.25, 0.3) is 0 Å². The summed E-state index contributed by atoms with van der Waals surface area (Å²) < 4.78 is 7.52. The van der Waals surface area contributed by atoms with Gasteiger partial charge in [0.2, 0.25) is 0 Å². The summed E-state index contributed by atoms with van der Waals surface area (Å²) in [4.78, 5) is 0. The van der Waals surface area contributed by atoms with E-state index in [0.717, 1.165) is 28.1 Å². The van der Waals surface area contributed by atoms with Gasteiger partial charge >= 0.3 is 0 Å². The zero-order chi connectivity index (χ0) is 46.2. The Balaban J connectivity index is 1.08. The summed E-state index contributed by atoms with van der Waals surface area (Å²) in [5.74, 6) is 0. The first-order valence-corrected chi connectivity index (χ1v) is 26.2. The van der Waals surface area contributed by atoms with E-state index in [1.807, 2.05) is 0 Å². The topological polar surface area (TPSA) is 14.8 Å². The fourth-order valence-corrected chi connectivity index (χ4v) is 16.6. The van der Waals surface area contributed by atoms with Crippen molar-refractivity contribution in [3.63, 3.8) is 0 Å². The van der Waals surface area contributed by atoms with Crippen molar-refractivity contribution in [3.8, 4) is 28.2 Å². The Bertz CT molecular complexity index is 4110. The Morgan fingerprint density at radius 3 is 1.23 bits per heavy atom. The molecule has 0 N–H and O–H groups in total. The molecule has 14 aromatic rings. The van der Waals surface area contributed by atoms with Crippen molar-refractivity contribution in [2.75, 3.05) is 0 Å². The SMILES string of the molecule is c1ccc(-c2ccc(-n3c4cccc(-n5c6ccccc6c6ccccc65)c4c4cccc(-n5c6ccccc6c6cc([Si](c7ccccc7)(c7ccccc7)c7ccccc7)ccc65)c43)cc2)cc1. The zero-order valence-corrected chi connectivity index (χ0v) is 39.3. The standard InChI is InChI=1S/C66H45N3Si/c1-5-21-46(22-6-1)47-39-41-48(42-40-47)67-62-36-20-37-63(68-58-33-16-13-29-53(58)54-30-14-17-34-59(54)68)65(62)56-32-19-38-64(66(56)67)69-60-35-18-15-31-55(60)57-45-52(43-44-61(57)69)70(49-23-7-2-8-24-49,50-25-9-3-10-26-50)51-27-11-4-12-28-51/h1-45H. The van der Waals surface area contributed by atoms with E-state index in [1.165, 1.54) is 86.3 Å². The van der Waals surface area contributed by atoms with E-state index < -0.39 is 8.07 Å². The summed E-state index contributed by atoms with van der Waals surface area (Å²) >= 11 is 0. The van der Waals surface area contributed by atoms with Crippen molar-refractivity contribution in [1.29, 1.82) is 0 Å². The number of hydrogen-bond donors (Lipinski definition) is 0. The van der Waals surface area contributed by atoms with Crippen LogP contribution in [0.3, 0.4) is 0 Å². The molecule has 0 saturated heterocycles. The molecule has 0 aliphatic carbocycles. The summed E-state index contributed by atoms with van der Waals surface area (Å²) in [7, 11) is -2.81. The lowest BCUT2D eigenvalue weighted by molar-refractivity contribution is 1.13. The smallest absolute Gasteiger partial charge is 0.179 e. The van der Waals surface area contributed by atoms with Gasteiger partial charge in [-0.25, -0.2) is 0 Å². The molecule has 0 saturated carbocycles. The Morgan fingerprint density at radius 1 is 0.243 bits per heavy atom. The van der Waals surface area contributed by atoms with Gasteiger partial charge in [-0.2, -0.15) is 0 Å². The molecule has 0 atom stereocenters. The zero-order valence-electron chi connectivity index (χ0n) is 38.3. The maximum atomic E-state index is 2.53. The van der Waals surface area contributed by atoms with Gasteiger partial charge < -0.3 is 13.7 Å². The molecular formula is C66H45N3Si. The van der Waals surface area contributed by atoms with E-state index in [1.54, 1.807) is 0 Å². The van der Waals surface area contributed by atoms with Gasteiger partial charge in [-0.1, -0.05) is 218 Å². The highest BCUT2D eigenvalue weighted by Crippen LogP contribution is 2.43. The molecule has 0 aliphatic heterocycles. The number of nitrogens with zero attached hydrogens (tertiary/aromatic N) is 3. The fourth-order valence-electron chi connectivity index (χ4n) is 11.9. The van der Waals surface area contributed by atoms with Crippen LogP contribution in [0.1, 0.15) is 0 Å². The van der Waals surface area contributed by atoms with Crippen molar-refractivity contribution in [2.24, 2.45) is 0 Å². The van der Waals surface area contributed by atoms with Gasteiger partial charge in [-0.3, -0.25) is 0 Å². The van der Waals surface area contributed by atoms with Crippen LogP contribution in [-0.2, 0) is 0 Å². The first-order valence-electron chi connectivity index (χ1n) is 24.2. The van der Waals surface area contributed by atoms with Crippen LogP contribution in [0.2, 0.25) is 0 Å². The molecule has 3 nitrogen and oxygen atoms in total. The van der Waals surface area contributed by atoms with Gasteiger partial charge in [-0.15, -0.1) is 0 Å². The molecule has 0 bridgehead atoms. The highest BCUT2D eigenvalue weighted by Gasteiger charge is 2.41. The molecule has 0 amide bonds. The summed E-state index contributed by atoms with van der Waals surface area (Å²) in [6, 6.07) is 101. The first kappa shape index (κ1) is 40.1. The van der Waals surface area contributed by atoms with Crippen molar-refractivity contribution in [1.82, 2.24) is 13.7 Å². The largest absolute Gasteiger partial charge is 0.309 e. The van der Waals surface area contributed by atoms with Crippen LogP contribution in [0.4, 0.5) is 0 Å². The van der Waals surface area contributed by atoms with E-state index >= 15 is 0 Å². The molecule has 0 unspecified atom stereocenters. The van der Waals surface area contributed by atoms with Crippen LogP contribution in [0.25, 0.3) is 93.6 Å². The molecule has 11 aromatic carbocycles. The molecule has 0 aliphatic rings. The molecule has 0 fully saturated rings. The Hall–Kier alpha value is -8.96. The first-order chi connectivity index (χ1) is 34.8. The molecule has 3 aromatic heterocycles. The molecule has 3 heterocycles. The third-order valence-corrected chi connectivity index (χ3v) is 19.6. The molecule has 328 valence electrons. The molecule has 70 heavy (non-hydrogen) atoms. The third-order valence-electron chi connectivity index (χ3n) is 14.8. The number of para-hydroxylation sites is 4. The van der Waals surface area contributed by atoms with Crippen LogP contribution >= 0.6 is 0 Å². The van der Waals surface area contributed by atoms with Crippen LogP contribution in [-0.4, -0.2) is 21.8 Å². The molecule has 0 radical (unpaired) electrons. The Morgan fingerprint density at radius 2 is 0.657 bits per heavy atom. The molecule has 14 rings (SSSR count). The average Bonchev–Trinajstić information content (AvgIpc) is 4.08. The minimum atomic E-state index is -2.81. The van der Waals surface area contributed by atoms with Crippen molar-refractivity contribution < 1.29 is 0 Å². The highest BCUT2D eigenvalue weighted by molar-refractivity contribution is 7.20. The van der Waals surface area contributed by atoms with Crippen LogP contribution < -0.4 is 20.7 Å². The van der Waals surface area contributed by atoms with E-state index in [4.69, 9.17) is 0 Å². The molecular weight excluding hydrogens is 863 g/mol. The quantitative estimate of drug-likeness (QED) is 0.107. The number of hydrogen-bond acceptors (Lipinski definition) is 0. The van der Waals surface area contributed by atoms with Crippen molar-refractivity contribution in [3.05, 3.63) is 273 Å². The third kappa shape index (κ3) is 5.94. The lowest BCUT2D eigenvalue weighted by Crippen LogP contribution is -2.74. The normalized spacial score (nSPS) is 12.0. The summed E-state index contributed by atoms with van der Waals surface area (Å²) in [6.07, 6.45) is 0. The lowest BCUT2D eigenvalue weighted by atomic mass is 10.1. The average molecular weight is 908 g/mol. The van der Waals surface area contributed by atoms with Gasteiger partial charge in [0.05, 0.1) is 44.5 Å². The maximum Gasteiger partial charge on any atom is 0.179 e. The fraction of sp³-hybridized carbons (Fsp3) is 0. The van der Waals surface area contributed by atoms with Crippen molar-refractivity contribution in [2.45, 2.75) is 0 Å². The van der Waals surface area contributed by atoms with Gasteiger partial charge in [0, 0.05) is 38.0 Å². The minimum absolute atomic E-state index is 1.11. The second kappa shape index (κ2) is 16.1. The van der Waals surface area contributed by atoms with E-state index in [2.05, 4.69) is 287 Å². The predicted octanol–water partition coefficient (Wildman–Crippen LogP) is 14.0. The predicted molar refractivity (Wildman–Crippen MR) is 299 cm³/mol. The van der Waals surface area contributed by atoms with E-state index in [0.29, 0.717) is 0 Å². The summed E-state index contributed by atoms with van der Waals surface area (Å²) in [5.41, 5.74) is 12.8. The van der Waals surface area contributed by atoms with E-state index in [9.17, 15) is 0 Å². The molecule has 4 heteroatoms. The Labute approximate surface area is 407 Å². The number of rotatable bonds is 8. The maximum absolute atomic E-state index is 2.81. The van der Waals surface area contributed by atoms with Crippen LogP contribution in [0.5, 0.6) is 0 Å². The van der Waals surface area contributed by atoms with Crippen LogP contribution in [0.15, 0.2) is 273 Å². The highest BCUT2D eigenvalue weighted by atomic mass is 28.3. The number of benzene rings is 11. The second-order valence-electron chi connectivity index (χ2n) is 18.4. The van der Waals surface area contributed by atoms with E-state index in [-0.39, 0.29) is 0 Å². The number of fused-ring (bicyclic) bond motifs is 9.